The van der Waals surface area contributed by atoms with Gasteiger partial charge in [-0.15, -0.1) is 11.3 Å². The molecule has 0 fully saturated rings. The van der Waals surface area contributed by atoms with Crippen molar-refractivity contribution in [1.29, 1.82) is 0 Å². The molecule has 106 valence electrons. The minimum Gasteiger partial charge on any atom is -0.496 e. The predicted molar refractivity (Wildman–Crippen MR) is 83.7 cm³/mol. The third kappa shape index (κ3) is 3.29. The van der Waals surface area contributed by atoms with E-state index in [0.717, 1.165) is 9.35 Å². The molecule has 1 N–H and O–H groups in total. The molecule has 5 nitrogen and oxygen atoms in total. The van der Waals surface area contributed by atoms with Crippen molar-refractivity contribution in [2.24, 2.45) is 0 Å². The molecule has 7 heteroatoms. The van der Waals surface area contributed by atoms with Crippen LogP contribution in [0.4, 0.5) is 11.4 Å². The van der Waals surface area contributed by atoms with Crippen molar-refractivity contribution >= 4 is 38.6 Å². The number of hydrogen-bond donors (Lipinski definition) is 1. The number of aryl methyl sites for hydroxylation is 1. The van der Waals surface area contributed by atoms with Gasteiger partial charge >= 0.3 is 0 Å². The summed E-state index contributed by atoms with van der Waals surface area (Å²) >= 11 is 5.11. The molecule has 0 bridgehead atoms. The van der Waals surface area contributed by atoms with Crippen LogP contribution in [0.5, 0.6) is 5.75 Å². The highest BCUT2D eigenvalue weighted by atomic mass is 79.9. The molecular formula is C13H13BrN2O3S. The number of thiophene rings is 1. The second-order valence-electron chi connectivity index (χ2n) is 4.11. The molecule has 0 spiro atoms. The van der Waals surface area contributed by atoms with Crippen molar-refractivity contribution in [1.82, 2.24) is 0 Å². The first kappa shape index (κ1) is 14.8. The molecule has 0 unspecified atom stereocenters. The van der Waals surface area contributed by atoms with Crippen LogP contribution in [-0.2, 0) is 6.54 Å². The molecule has 0 saturated carbocycles. The average Bonchev–Trinajstić information content (AvgIpc) is 2.75. The molecule has 1 aromatic heterocycles. The topological polar surface area (TPSA) is 64.4 Å². The number of ether oxygens (including phenoxy) is 1. The Morgan fingerprint density at radius 2 is 2.20 bits per heavy atom. The molecular weight excluding hydrogens is 344 g/mol. The molecule has 2 rings (SSSR count). The molecule has 0 saturated heterocycles. The normalized spacial score (nSPS) is 10.3. The summed E-state index contributed by atoms with van der Waals surface area (Å²) < 4.78 is 6.06. The maximum atomic E-state index is 11.1. The molecule has 0 aliphatic rings. The van der Waals surface area contributed by atoms with Gasteiger partial charge in [-0.2, -0.15) is 0 Å². The minimum absolute atomic E-state index is 0.0108. The number of anilines is 1. The van der Waals surface area contributed by atoms with E-state index in [4.69, 9.17) is 4.74 Å². The standard InChI is InChI=1S/C13H13BrN2O3S/c1-8-11(14)6-10(20-8)7-15-12-4-3-9(19-2)5-13(12)16(17)18/h3-6,15H,7H2,1-2H3. The lowest BCUT2D eigenvalue weighted by molar-refractivity contribution is -0.384. The quantitative estimate of drug-likeness (QED) is 0.638. The van der Waals surface area contributed by atoms with Crippen molar-refractivity contribution in [2.75, 3.05) is 12.4 Å². The van der Waals surface area contributed by atoms with Crippen LogP contribution in [0.2, 0.25) is 0 Å². The predicted octanol–water partition coefficient (Wildman–Crippen LogP) is 4.35. The Hall–Kier alpha value is -1.60. The number of nitro groups is 1. The van der Waals surface area contributed by atoms with Crippen molar-refractivity contribution in [3.05, 3.63) is 48.6 Å². The molecule has 0 atom stereocenters. The second-order valence-corrected chi connectivity index (χ2v) is 6.31. The van der Waals surface area contributed by atoms with E-state index in [1.54, 1.807) is 23.5 Å². The molecule has 0 aliphatic carbocycles. The maximum absolute atomic E-state index is 11.1. The third-order valence-corrected chi connectivity index (χ3v) is 4.90. The van der Waals surface area contributed by atoms with Crippen molar-refractivity contribution in [3.8, 4) is 5.75 Å². The number of nitrogens with zero attached hydrogens (tertiary/aromatic N) is 1. The zero-order valence-corrected chi connectivity index (χ0v) is 13.4. The van der Waals surface area contributed by atoms with Gasteiger partial charge in [0.1, 0.15) is 11.4 Å². The van der Waals surface area contributed by atoms with E-state index in [2.05, 4.69) is 21.2 Å². The summed E-state index contributed by atoms with van der Waals surface area (Å²) in [6.45, 7) is 2.57. The summed E-state index contributed by atoms with van der Waals surface area (Å²) in [7, 11) is 1.48. The second kappa shape index (κ2) is 6.23. The highest BCUT2D eigenvalue weighted by Crippen LogP contribution is 2.31. The summed E-state index contributed by atoms with van der Waals surface area (Å²) in [5.41, 5.74) is 0.495. The highest BCUT2D eigenvalue weighted by Gasteiger charge is 2.15. The van der Waals surface area contributed by atoms with Crippen LogP contribution >= 0.6 is 27.3 Å². The molecule has 0 radical (unpaired) electrons. The molecule has 2 aromatic rings. The third-order valence-electron chi connectivity index (χ3n) is 2.76. The van der Waals surface area contributed by atoms with Crippen molar-refractivity contribution in [3.63, 3.8) is 0 Å². The zero-order valence-electron chi connectivity index (χ0n) is 11.0. The van der Waals surface area contributed by atoms with E-state index in [1.807, 2.05) is 13.0 Å². The lowest BCUT2D eigenvalue weighted by atomic mass is 10.2. The number of nitrogens with one attached hydrogen (secondary N) is 1. The van der Waals surface area contributed by atoms with Crippen molar-refractivity contribution in [2.45, 2.75) is 13.5 Å². The van der Waals surface area contributed by atoms with Crippen LogP contribution in [0.3, 0.4) is 0 Å². The fourth-order valence-electron chi connectivity index (χ4n) is 1.73. The first-order valence-corrected chi connectivity index (χ1v) is 7.43. The van der Waals surface area contributed by atoms with Gasteiger partial charge in [-0.05, 0) is 41.1 Å². The number of rotatable bonds is 5. The number of hydrogen-bond acceptors (Lipinski definition) is 5. The number of halogens is 1. The van der Waals surface area contributed by atoms with Gasteiger partial charge in [0, 0.05) is 20.8 Å². The Kier molecular flexibility index (Phi) is 4.61. The fraction of sp³-hybridized carbons (Fsp3) is 0.231. The van der Waals surface area contributed by atoms with E-state index >= 15 is 0 Å². The van der Waals surface area contributed by atoms with E-state index < -0.39 is 4.92 Å². The molecule has 20 heavy (non-hydrogen) atoms. The Labute approximate surface area is 128 Å². The monoisotopic (exact) mass is 356 g/mol. The Morgan fingerprint density at radius 3 is 2.75 bits per heavy atom. The van der Waals surface area contributed by atoms with E-state index in [-0.39, 0.29) is 5.69 Å². The number of nitro benzene ring substituents is 1. The van der Waals surface area contributed by atoms with Gasteiger partial charge < -0.3 is 10.1 Å². The van der Waals surface area contributed by atoms with Crippen LogP contribution in [0.15, 0.2) is 28.7 Å². The SMILES string of the molecule is COc1ccc(NCc2cc(Br)c(C)s2)c([N+](=O)[O-])c1. The van der Waals surface area contributed by atoms with Gasteiger partial charge in [-0.25, -0.2) is 0 Å². The Balaban J connectivity index is 2.18. The van der Waals surface area contributed by atoms with Gasteiger partial charge in [-0.1, -0.05) is 0 Å². The lowest BCUT2D eigenvalue weighted by Gasteiger charge is -2.07. The summed E-state index contributed by atoms with van der Waals surface area (Å²) in [6.07, 6.45) is 0. The molecule has 1 heterocycles. The van der Waals surface area contributed by atoms with E-state index in [0.29, 0.717) is 18.0 Å². The molecule has 0 aliphatic heterocycles. The van der Waals surface area contributed by atoms with E-state index in [9.17, 15) is 10.1 Å². The summed E-state index contributed by atoms with van der Waals surface area (Å²) in [5.74, 6) is 0.469. The average molecular weight is 357 g/mol. The molecule has 0 amide bonds. The Bertz CT molecular complexity index is 623. The Morgan fingerprint density at radius 1 is 1.45 bits per heavy atom. The van der Waals surface area contributed by atoms with Gasteiger partial charge in [-0.3, -0.25) is 10.1 Å². The van der Waals surface area contributed by atoms with Gasteiger partial charge in [0.15, 0.2) is 0 Å². The number of benzene rings is 1. The summed E-state index contributed by atoms with van der Waals surface area (Å²) in [4.78, 5) is 12.9. The first-order valence-electron chi connectivity index (χ1n) is 5.82. The van der Waals surface area contributed by atoms with E-state index in [1.165, 1.54) is 18.1 Å². The number of methoxy groups -OCH3 is 1. The molecule has 1 aromatic carbocycles. The van der Waals surface area contributed by atoms with Crippen LogP contribution in [-0.4, -0.2) is 12.0 Å². The maximum Gasteiger partial charge on any atom is 0.296 e. The van der Waals surface area contributed by atoms with Crippen LogP contribution in [0.25, 0.3) is 0 Å². The van der Waals surface area contributed by atoms with Gasteiger partial charge in [0.25, 0.3) is 5.69 Å². The van der Waals surface area contributed by atoms with Crippen LogP contribution in [0.1, 0.15) is 9.75 Å². The summed E-state index contributed by atoms with van der Waals surface area (Å²) in [5, 5.41) is 14.2. The first-order chi connectivity index (χ1) is 9.51. The van der Waals surface area contributed by atoms with Crippen molar-refractivity contribution < 1.29 is 9.66 Å². The smallest absolute Gasteiger partial charge is 0.296 e. The van der Waals surface area contributed by atoms with Gasteiger partial charge in [0.05, 0.1) is 18.1 Å². The van der Waals surface area contributed by atoms with Crippen LogP contribution in [0, 0.1) is 17.0 Å². The van der Waals surface area contributed by atoms with Gasteiger partial charge in [0.2, 0.25) is 0 Å². The summed E-state index contributed by atoms with van der Waals surface area (Å²) in [6, 6.07) is 6.79. The van der Waals surface area contributed by atoms with Crippen LogP contribution < -0.4 is 10.1 Å². The largest absolute Gasteiger partial charge is 0.496 e. The minimum atomic E-state index is -0.416. The fourth-order valence-corrected chi connectivity index (χ4v) is 3.27. The highest BCUT2D eigenvalue weighted by molar-refractivity contribution is 9.10. The lowest BCUT2D eigenvalue weighted by Crippen LogP contribution is -2.01. The zero-order chi connectivity index (χ0) is 14.7.